The summed E-state index contributed by atoms with van der Waals surface area (Å²) in [4.78, 5) is 31.1. The molecule has 0 saturated heterocycles. The molecule has 0 fully saturated rings. The number of rotatable bonds is 13. The third-order valence-corrected chi connectivity index (χ3v) is 6.43. The highest BCUT2D eigenvalue weighted by molar-refractivity contribution is 7.86. The maximum atomic E-state index is 13.1. The molecule has 10 heteroatoms. The van der Waals surface area contributed by atoms with Gasteiger partial charge < -0.3 is 9.47 Å². The number of aryl methyl sites for hydroxylation is 1. The summed E-state index contributed by atoms with van der Waals surface area (Å²) in [7, 11) is -4.47. The van der Waals surface area contributed by atoms with Gasteiger partial charge in [0.15, 0.2) is 6.10 Å². The molecular formula is C27H29NO8S. The van der Waals surface area contributed by atoms with Crippen LogP contribution in [0.5, 0.6) is 0 Å². The Balaban J connectivity index is 1.85. The molecular weight excluding hydrogens is 498 g/mol. The van der Waals surface area contributed by atoms with E-state index in [1.165, 1.54) is 12.1 Å². The van der Waals surface area contributed by atoms with Crippen molar-refractivity contribution in [3.8, 4) is 0 Å². The molecule has 0 spiro atoms. The lowest BCUT2D eigenvalue weighted by Gasteiger charge is -2.24. The number of amides is 1. The van der Waals surface area contributed by atoms with Crippen molar-refractivity contribution in [2.45, 2.75) is 44.2 Å². The molecule has 0 aliphatic heterocycles. The maximum absolute atomic E-state index is 13.1. The molecule has 1 amide bonds. The minimum atomic E-state index is -4.47. The van der Waals surface area contributed by atoms with Crippen LogP contribution in [0, 0.1) is 6.92 Å². The van der Waals surface area contributed by atoms with Crippen LogP contribution in [0.4, 0.5) is 0 Å². The molecule has 37 heavy (non-hydrogen) atoms. The zero-order chi connectivity index (χ0) is 26.7. The molecule has 0 aromatic heterocycles. The van der Waals surface area contributed by atoms with Gasteiger partial charge in [0.2, 0.25) is 6.10 Å². The van der Waals surface area contributed by atoms with E-state index in [4.69, 9.17) is 18.5 Å². The van der Waals surface area contributed by atoms with Crippen molar-refractivity contribution in [2.75, 3.05) is 6.61 Å². The van der Waals surface area contributed by atoms with Crippen LogP contribution < -0.4 is 5.48 Å². The van der Waals surface area contributed by atoms with Gasteiger partial charge in [0, 0.05) is 0 Å². The predicted octanol–water partition coefficient (Wildman–Crippen LogP) is 3.47. The molecule has 1 N–H and O–H groups in total. The topological polar surface area (TPSA) is 117 Å². The van der Waals surface area contributed by atoms with E-state index in [0.717, 1.165) is 11.1 Å². The average Bonchev–Trinajstić information content (AvgIpc) is 2.89. The maximum Gasteiger partial charge on any atom is 0.340 e. The van der Waals surface area contributed by atoms with Crippen LogP contribution in [0.3, 0.4) is 0 Å². The van der Waals surface area contributed by atoms with Crippen LogP contribution in [0.25, 0.3) is 0 Å². The van der Waals surface area contributed by atoms with Gasteiger partial charge in [-0.3, -0.25) is 9.63 Å². The molecule has 3 aromatic rings. The summed E-state index contributed by atoms with van der Waals surface area (Å²) in [5.74, 6) is -1.99. The Labute approximate surface area is 216 Å². The van der Waals surface area contributed by atoms with E-state index in [2.05, 4.69) is 5.48 Å². The quantitative estimate of drug-likeness (QED) is 0.204. The van der Waals surface area contributed by atoms with Gasteiger partial charge in [-0.1, -0.05) is 78.4 Å². The van der Waals surface area contributed by atoms with E-state index in [1.54, 1.807) is 62.4 Å². The summed E-state index contributed by atoms with van der Waals surface area (Å²) in [6.45, 7) is 3.20. The van der Waals surface area contributed by atoms with Crippen LogP contribution in [-0.2, 0) is 51.4 Å². The molecule has 3 rings (SSSR count). The molecule has 0 aliphatic carbocycles. The molecule has 0 unspecified atom stereocenters. The minimum Gasteiger partial charge on any atom is -0.464 e. The number of ether oxygens (including phenoxy) is 2. The van der Waals surface area contributed by atoms with E-state index in [-0.39, 0.29) is 24.7 Å². The zero-order valence-corrected chi connectivity index (χ0v) is 21.3. The fraction of sp³-hybridized carbons (Fsp3) is 0.259. The number of carbonyl (C=O) groups excluding carboxylic acids is 2. The Morgan fingerprint density at radius 1 is 0.811 bits per heavy atom. The van der Waals surface area contributed by atoms with Gasteiger partial charge in [0.25, 0.3) is 16.0 Å². The molecule has 2 atom stereocenters. The van der Waals surface area contributed by atoms with Crippen molar-refractivity contribution in [1.82, 2.24) is 5.48 Å². The molecule has 0 radical (unpaired) electrons. The molecule has 0 aliphatic rings. The first kappa shape index (κ1) is 28.0. The fourth-order valence-corrected chi connectivity index (χ4v) is 4.25. The van der Waals surface area contributed by atoms with Gasteiger partial charge in [-0.2, -0.15) is 8.42 Å². The van der Waals surface area contributed by atoms with Crippen LogP contribution in [-0.4, -0.2) is 39.1 Å². The lowest BCUT2D eigenvalue weighted by atomic mass is 10.2. The van der Waals surface area contributed by atoms with Crippen molar-refractivity contribution in [3.63, 3.8) is 0 Å². The van der Waals surface area contributed by atoms with E-state index < -0.39 is 34.2 Å². The van der Waals surface area contributed by atoms with Gasteiger partial charge in [0.05, 0.1) is 24.7 Å². The van der Waals surface area contributed by atoms with E-state index >= 15 is 0 Å². The van der Waals surface area contributed by atoms with E-state index in [9.17, 15) is 18.0 Å². The van der Waals surface area contributed by atoms with Crippen molar-refractivity contribution >= 4 is 22.0 Å². The normalized spacial score (nSPS) is 12.9. The van der Waals surface area contributed by atoms with Gasteiger partial charge in [-0.25, -0.2) is 14.5 Å². The number of esters is 1. The number of hydroxylamine groups is 1. The summed E-state index contributed by atoms with van der Waals surface area (Å²) in [6, 6.07) is 23.8. The van der Waals surface area contributed by atoms with Crippen molar-refractivity contribution < 1.29 is 36.5 Å². The second-order valence-corrected chi connectivity index (χ2v) is 9.57. The van der Waals surface area contributed by atoms with E-state index in [1.807, 2.05) is 24.3 Å². The monoisotopic (exact) mass is 527 g/mol. The second-order valence-electron chi connectivity index (χ2n) is 7.99. The van der Waals surface area contributed by atoms with Gasteiger partial charge in [-0.05, 0) is 37.1 Å². The van der Waals surface area contributed by atoms with Crippen molar-refractivity contribution in [3.05, 3.63) is 102 Å². The first-order valence-corrected chi connectivity index (χ1v) is 13.0. The highest BCUT2D eigenvalue weighted by Crippen LogP contribution is 2.20. The Morgan fingerprint density at radius 3 is 1.95 bits per heavy atom. The Bertz CT molecular complexity index is 1250. The highest BCUT2D eigenvalue weighted by atomic mass is 32.2. The summed E-state index contributed by atoms with van der Waals surface area (Å²) in [5.41, 5.74) is 4.54. The molecule has 0 heterocycles. The number of benzene rings is 3. The molecule has 0 saturated carbocycles. The first-order valence-electron chi connectivity index (χ1n) is 11.6. The Morgan fingerprint density at radius 2 is 1.38 bits per heavy atom. The standard InChI is InChI=1S/C27H29NO8S/c1-3-33-27(30)25(36-37(31,32)23-16-14-20(2)15-17-23)24(34-18-21-10-6-4-7-11-21)26(29)28-35-19-22-12-8-5-9-13-22/h4-17,24-25H,3,18-19H2,1-2H3,(H,28,29)/t24-,25-/m1/s1. The average molecular weight is 528 g/mol. The van der Waals surface area contributed by atoms with Crippen LogP contribution >= 0.6 is 0 Å². The van der Waals surface area contributed by atoms with Gasteiger partial charge in [0.1, 0.15) is 0 Å². The van der Waals surface area contributed by atoms with Crippen LogP contribution in [0.15, 0.2) is 89.8 Å². The summed E-state index contributed by atoms with van der Waals surface area (Å²) >= 11 is 0. The first-order chi connectivity index (χ1) is 17.8. The lowest BCUT2D eigenvalue weighted by molar-refractivity contribution is -0.170. The number of nitrogens with one attached hydrogen (secondary N) is 1. The van der Waals surface area contributed by atoms with Gasteiger partial charge >= 0.3 is 5.97 Å². The largest absolute Gasteiger partial charge is 0.464 e. The fourth-order valence-electron chi connectivity index (χ4n) is 3.22. The molecule has 196 valence electrons. The summed E-state index contributed by atoms with van der Waals surface area (Å²) < 4.78 is 42.1. The molecule has 3 aromatic carbocycles. The highest BCUT2D eigenvalue weighted by Gasteiger charge is 2.41. The summed E-state index contributed by atoms with van der Waals surface area (Å²) in [5, 5.41) is 0. The Kier molecular flexibility index (Phi) is 10.3. The molecule has 0 bridgehead atoms. The number of carbonyl (C=O) groups is 2. The number of hydrogen-bond donors (Lipinski definition) is 1. The third kappa shape index (κ3) is 8.50. The summed E-state index contributed by atoms with van der Waals surface area (Å²) in [6.07, 6.45) is -3.65. The van der Waals surface area contributed by atoms with Crippen LogP contribution in [0.1, 0.15) is 23.6 Å². The smallest absolute Gasteiger partial charge is 0.340 e. The SMILES string of the molecule is CCOC(=O)[C@H](OS(=O)(=O)c1ccc(C)cc1)[C@@H](OCc1ccccc1)C(=O)NOCc1ccccc1. The number of hydrogen-bond acceptors (Lipinski definition) is 8. The Hall–Kier alpha value is -3.57. The van der Waals surface area contributed by atoms with Gasteiger partial charge in [-0.15, -0.1) is 0 Å². The van der Waals surface area contributed by atoms with Crippen LogP contribution in [0.2, 0.25) is 0 Å². The van der Waals surface area contributed by atoms with E-state index in [0.29, 0.717) is 5.56 Å². The third-order valence-electron chi connectivity index (χ3n) is 5.12. The predicted molar refractivity (Wildman–Crippen MR) is 134 cm³/mol. The van der Waals surface area contributed by atoms with Crippen molar-refractivity contribution in [1.29, 1.82) is 0 Å². The molecule has 9 nitrogen and oxygen atoms in total. The second kappa shape index (κ2) is 13.7. The zero-order valence-electron chi connectivity index (χ0n) is 20.5. The lowest BCUT2D eigenvalue weighted by Crippen LogP contribution is -2.50. The van der Waals surface area contributed by atoms with Crippen molar-refractivity contribution in [2.24, 2.45) is 0 Å². The minimum absolute atomic E-state index is 0.0323.